The average Bonchev–Trinajstić information content (AvgIpc) is 2.84. The monoisotopic (exact) mass is 351 g/mol. The summed E-state index contributed by atoms with van der Waals surface area (Å²) in [5.74, 6) is -0.316. The van der Waals surface area contributed by atoms with Crippen LogP contribution in [0.5, 0.6) is 0 Å². The van der Waals surface area contributed by atoms with Gasteiger partial charge < -0.3 is 10.1 Å². The number of halogens is 1. The van der Waals surface area contributed by atoms with Crippen molar-refractivity contribution in [3.05, 3.63) is 29.3 Å². The van der Waals surface area contributed by atoms with Gasteiger partial charge in [-0.2, -0.15) is 0 Å². The second kappa shape index (κ2) is 6.35. The van der Waals surface area contributed by atoms with Crippen molar-refractivity contribution in [3.63, 3.8) is 0 Å². The minimum absolute atomic E-state index is 0.0157. The number of anilines is 1. The number of esters is 1. The summed E-state index contributed by atoms with van der Waals surface area (Å²) < 4.78 is 5.51. The van der Waals surface area contributed by atoms with Crippen LogP contribution in [0.25, 0.3) is 0 Å². The fourth-order valence-corrected chi connectivity index (χ4v) is 3.19. The molecule has 7 heteroatoms. The number of ether oxygens (including phenoxy) is 1. The van der Waals surface area contributed by atoms with E-state index < -0.39 is 11.6 Å². The molecule has 0 aliphatic carbocycles. The molecule has 6 nitrogen and oxygen atoms in total. The Morgan fingerprint density at radius 2 is 1.92 bits per heavy atom. The van der Waals surface area contributed by atoms with Crippen molar-refractivity contribution < 1.29 is 14.3 Å². The molecule has 0 bridgehead atoms. The molecule has 2 heterocycles. The van der Waals surface area contributed by atoms with Crippen LogP contribution in [-0.4, -0.2) is 54.2 Å². The van der Waals surface area contributed by atoms with Gasteiger partial charge in [0.05, 0.1) is 6.67 Å². The van der Waals surface area contributed by atoms with Gasteiger partial charge >= 0.3 is 5.97 Å². The standard InChI is InChI=1S/C17H22ClN3O3/c1-17(2,3)24-16(23)14-9-19-8-13-15(22)20(10-21(13)14)12-6-4-11(18)5-7-12/h4-7,13-14,19H,8-10H2,1-3H3. The number of nitrogens with zero attached hydrogens (tertiary/aromatic N) is 2. The fourth-order valence-electron chi connectivity index (χ4n) is 3.07. The molecule has 2 unspecified atom stereocenters. The summed E-state index contributed by atoms with van der Waals surface area (Å²) in [4.78, 5) is 28.8. The lowest BCUT2D eigenvalue weighted by atomic mass is 10.1. The molecule has 2 aliphatic heterocycles. The van der Waals surface area contributed by atoms with Gasteiger partial charge in [0.25, 0.3) is 0 Å². The lowest BCUT2D eigenvalue weighted by Gasteiger charge is -2.35. The number of hydrogen-bond acceptors (Lipinski definition) is 5. The van der Waals surface area contributed by atoms with Crippen LogP contribution in [0.1, 0.15) is 20.8 Å². The molecule has 1 aromatic rings. The lowest BCUT2D eigenvalue weighted by Crippen LogP contribution is -2.60. The molecule has 0 aromatic heterocycles. The Bertz CT molecular complexity index is 641. The number of rotatable bonds is 2. The molecule has 0 spiro atoms. The number of carbonyl (C=O) groups is 2. The van der Waals surface area contributed by atoms with Gasteiger partial charge in [0, 0.05) is 23.8 Å². The van der Waals surface area contributed by atoms with Crippen LogP contribution < -0.4 is 10.2 Å². The van der Waals surface area contributed by atoms with Crippen molar-refractivity contribution >= 4 is 29.2 Å². The quantitative estimate of drug-likeness (QED) is 0.821. The summed E-state index contributed by atoms with van der Waals surface area (Å²) in [5.41, 5.74) is 0.227. The molecule has 2 aliphatic rings. The largest absolute Gasteiger partial charge is 0.459 e. The van der Waals surface area contributed by atoms with Crippen molar-refractivity contribution in [2.24, 2.45) is 0 Å². The first-order chi connectivity index (χ1) is 11.3. The van der Waals surface area contributed by atoms with Crippen LogP contribution >= 0.6 is 11.6 Å². The van der Waals surface area contributed by atoms with E-state index in [-0.39, 0.29) is 17.9 Å². The summed E-state index contributed by atoms with van der Waals surface area (Å²) in [6.07, 6.45) is 0. The zero-order chi connectivity index (χ0) is 17.5. The number of benzene rings is 1. The first-order valence-electron chi connectivity index (χ1n) is 8.02. The van der Waals surface area contributed by atoms with Crippen LogP contribution in [0, 0.1) is 0 Å². The van der Waals surface area contributed by atoms with E-state index >= 15 is 0 Å². The van der Waals surface area contributed by atoms with Crippen molar-refractivity contribution in [1.82, 2.24) is 10.2 Å². The molecule has 3 rings (SSSR count). The third-order valence-electron chi connectivity index (χ3n) is 4.15. The summed E-state index contributed by atoms with van der Waals surface area (Å²) in [7, 11) is 0. The number of fused-ring (bicyclic) bond motifs is 1. The van der Waals surface area contributed by atoms with E-state index in [2.05, 4.69) is 5.32 Å². The van der Waals surface area contributed by atoms with Gasteiger partial charge in [-0.25, -0.2) is 0 Å². The smallest absolute Gasteiger partial charge is 0.325 e. The van der Waals surface area contributed by atoms with Gasteiger partial charge in [-0.15, -0.1) is 0 Å². The molecule has 1 amide bonds. The highest BCUT2D eigenvalue weighted by Gasteiger charge is 2.47. The molecular weight excluding hydrogens is 330 g/mol. The molecular formula is C17H22ClN3O3. The molecule has 130 valence electrons. The van der Waals surface area contributed by atoms with E-state index in [1.807, 2.05) is 37.8 Å². The van der Waals surface area contributed by atoms with E-state index in [0.29, 0.717) is 24.8 Å². The Balaban J connectivity index is 1.80. The molecule has 1 N–H and O–H groups in total. The second-order valence-electron chi connectivity index (χ2n) is 7.12. The van der Waals surface area contributed by atoms with Gasteiger partial charge in [-0.1, -0.05) is 11.6 Å². The number of piperazine rings is 1. The first kappa shape index (κ1) is 17.2. The maximum absolute atomic E-state index is 12.7. The van der Waals surface area contributed by atoms with Crippen molar-refractivity contribution in [1.29, 1.82) is 0 Å². The molecule has 2 fully saturated rings. The Hall–Kier alpha value is -1.63. The van der Waals surface area contributed by atoms with Gasteiger partial charge in [-0.05, 0) is 45.0 Å². The molecule has 0 radical (unpaired) electrons. The van der Waals surface area contributed by atoms with Crippen LogP contribution in [0.2, 0.25) is 5.02 Å². The third-order valence-corrected chi connectivity index (χ3v) is 4.40. The summed E-state index contributed by atoms with van der Waals surface area (Å²) in [6.45, 7) is 6.90. The SMILES string of the molecule is CC(C)(C)OC(=O)C1CNCC2C(=O)N(c3ccc(Cl)cc3)CN12. The number of hydrogen-bond donors (Lipinski definition) is 1. The average molecular weight is 352 g/mol. The maximum atomic E-state index is 12.7. The summed E-state index contributed by atoms with van der Waals surface area (Å²) >= 11 is 5.92. The Kier molecular flexibility index (Phi) is 4.55. The Morgan fingerprint density at radius 3 is 2.54 bits per heavy atom. The molecule has 1 aromatic carbocycles. The van der Waals surface area contributed by atoms with Gasteiger partial charge in [-0.3, -0.25) is 19.4 Å². The summed E-state index contributed by atoms with van der Waals surface area (Å²) in [5, 5.41) is 3.80. The highest BCUT2D eigenvalue weighted by Crippen LogP contribution is 2.28. The van der Waals surface area contributed by atoms with E-state index in [1.54, 1.807) is 17.0 Å². The molecule has 2 atom stereocenters. The van der Waals surface area contributed by atoms with Crippen LogP contribution in [0.3, 0.4) is 0 Å². The topological polar surface area (TPSA) is 61.9 Å². The number of amides is 1. The van der Waals surface area contributed by atoms with Crippen molar-refractivity contribution in [2.75, 3.05) is 24.7 Å². The normalized spacial score (nSPS) is 24.8. The van der Waals surface area contributed by atoms with E-state index in [1.165, 1.54) is 0 Å². The van der Waals surface area contributed by atoms with E-state index in [4.69, 9.17) is 16.3 Å². The number of nitrogens with one attached hydrogen (secondary N) is 1. The maximum Gasteiger partial charge on any atom is 0.325 e. The predicted molar refractivity (Wildman–Crippen MR) is 91.9 cm³/mol. The first-order valence-corrected chi connectivity index (χ1v) is 8.40. The Labute approximate surface area is 146 Å². The zero-order valence-electron chi connectivity index (χ0n) is 14.1. The van der Waals surface area contributed by atoms with E-state index in [9.17, 15) is 9.59 Å². The van der Waals surface area contributed by atoms with Crippen LogP contribution in [0.15, 0.2) is 24.3 Å². The molecule has 2 saturated heterocycles. The van der Waals surface area contributed by atoms with E-state index in [0.717, 1.165) is 5.69 Å². The van der Waals surface area contributed by atoms with Crippen LogP contribution in [0.4, 0.5) is 5.69 Å². The lowest BCUT2D eigenvalue weighted by molar-refractivity contribution is -0.162. The minimum Gasteiger partial charge on any atom is -0.459 e. The third kappa shape index (κ3) is 3.41. The summed E-state index contributed by atoms with van der Waals surface area (Å²) in [6, 6.07) is 6.32. The predicted octanol–water partition coefficient (Wildman–Crippen LogP) is 1.63. The number of carbonyl (C=O) groups excluding carboxylic acids is 2. The molecule has 24 heavy (non-hydrogen) atoms. The molecule has 0 saturated carbocycles. The van der Waals surface area contributed by atoms with Gasteiger partial charge in [0.1, 0.15) is 17.7 Å². The fraction of sp³-hybridized carbons (Fsp3) is 0.529. The van der Waals surface area contributed by atoms with Crippen LogP contribution in [-0.2, 0) is 14.3 Å². The Morgan fingerprint density at radius 1 is 1.25 bits per heavy atom. The highest BCUT2D eigenvalue weighted by molar-refractivity contribution is 6.30. The second-order valence-corrected chi connectivity index (χ2v) is 7.56. The van der Waals surface area contributed by atoms with Gasteiger partial charge in [0.2, 0.25) is 5.91 Å². The zero-order valence-corrected chi connectivity index (χ0v) is 14.8. The minimum atomic E-state index is -0.552. The van der Waals surface area contributed by atoms with Gasteiger partial charge in [0.15, 0.2) is 0 Å². The van der Waals surface area contributed by atoms with Crippen molar-refractivity contribution in [2.45, 2.75) is 38.5 Å². The highest BCUT2D eigenvalue weighted by atomic mass is 35.5. The van der Waals surface area contributed by atoms with Crippen molar-refractivity contribution in [3.8, 4) is 0 Å².